The number of ether oxygens (including phenoxy) is 1. The zero-order valence-electron chi connectivity index (χ0n) is 12.2. The fourth-order valence-corrected chi connectivity index (χ4v) is 2.25. The average molecular weight is 279 g/mol. The van der Waals surface area contributed by atoms with Gasteiger partial charge < -0.3 is 9.30 Å². The van der Waals surface area contributed by atoms with Crippen LogP contribution in [0.3, 0.4) is 0 Å². The van der Waals surface area contributed by atoms with Crippen molar-refractivity contribution in [1.29, 1.82) is 0 Å². The molecule has 4 nitrogen and oxygen atoms in total. The Kier molecular flexibility index (Phi) is 3.69. The maximum atomic E-state index is 5.60. The van der Waals surface area contributed by atoms with E-state index in [9.17, 15) is 0 Å². The van der Waals surface area contributed by atoms with Crippen LogP contribution in [-0.4, -0.2) is 22.4 Å². The van der Waals surface area contributed by atoms with Gasteiger partial charge in [0.1, 0.15) is 5.75 Å². The van der Waals surface area contributed by atoms with Gasteiger partial charge in [0.05, 0.1) is 17.6 Å². The van der Waals surface area contributed by atoms with Crippen LogP contribution in [0.25, 0.3) is 11.0 Å². The summed E-state index contributed by atoms with van der Waals surface area (Å²) < 4.78 is 7.58. The minimum absolute atomic E-state index is 0.636. The van der Waals surface area contributed by atoms with Gasteiger partial charge in [-0.15, -0.1) is 0 Å². The fourth-order valence-electron chi connectivity index (χ4n) is 2.25. The maximum absolute atomic E-state index is 5.60. The Morgan fingerprint density at radius 3 is 2.71 bits per heavy atom. The molecular formula is C17H17N3O. The number of hydrogen-bond donors (Lipinski definition) is 0. The minimum Gasteiger partial charge on any atom is -0.493 e. The van der Waals surface area contributed by atoms with E-state index in [4.69, 9.17) is 4.74 Å². The largest absolute Gasteiger partial charge is 0.493 e. The van der Waals surface area contributed by atoms with Crippen molar-refractivity contribution >= 4 is 23.2 Å². The molecule has 0 unspecified atom stereocenters. The van der Waals surface area contributed by atoms with Crippen LogP contribution in [0.15, 0.2) is 53.5 Å². The molecule has 0 radical (unpaired) electrons. The third kappa shape index (κ3) is 2.65. The van der Waals surface area contributed by atoms with E-state index in [1.54, 1.807) is 6.21 Å². The summed E-state index contributed by atoms with van der Waals surface area (Å²) in [6.07, 6.45) is 1.80. The summed E-state index contributed by atoms with van der Waals surface area (Å²) in [7, 11) is 1.97. The molecule has 4 heteroatoms. The van der Waals surface area contributed by atoms with Gasteiger partial charge in [-0.1, -0.05) is 24.3 Å². The van der Waals surface area contributed by atoms with Crippen molar-refractivity contribution in [1.82, 2.24) is 9.55 Å². The molecule has 3 rings (SSSR count). The number of rotatable bonds is 4. The standard InChI is InChI=1S/C17H17N3O/c1-3-21-16-11-7-4-8-13(16)12-18-17-19-14-9-5-6-10-15(14)20(17)2/h4-12H,3H2,1-2H3. The summed E-state index contributed by atoms with van der Waals surface area (Å²) in [4.78, 5) is 9.03. The van der Waals surface area contributed by atoms with Gasteiger partial charge in [0.25, 0.3) is 0 Å². The van der Waals surface area contributed by atoms with Crippen LogP contribution in [0.4, 0.5) is 5.95 Å². The van der Waals surface area contributed by atoms with E-state index in [2.05, 4.69) is 9.98 Å². The predicted octanol–water partition coefficient (Wildman–Crippen LogP) is 3.72. The van der Waals surface area contributed by atoms with Gasteiger partial charge in [-0.25, -0.2) is 9.98 Å². The Hall–Kier alpha value is -2.62. The summed E-state index contributed by atoms with van der Waals surface area (Å²) in [6, 6.07) is 15.9. The van der Waals surface area contributed by atoms with E-state index in [0.29, 0.717) is 12.6 Å². The molecule has 0 aliphatic carbocycles. The summed E-state index contributed by atoms with van der Waals surface area (Å²) in [6.45, 7) is 2.61. The Bertz CT molecular complexity index is 790. The predicted molar refractivity (Wildman–Crippen MR) is 85.6 cm³/mol. The lowest BCUT2D eigenvalue weighted by Crippen LogP contribution is -1.95. The van der Waals surface area contributed by atoms with Crippen LogP contribution < -0.4 is 4.74 Å². The molecule has 0 spiro atoms. The van der Waals surface area contributed by atoms with Crippen molar-refractivity contribution in [2.75, 3.05) is 6.61 Å². The van der Waals surface area contributed by atoms with Crippen molar-refractivity contribution in [3.63, 3.8) is 0 Å². The van der Waals surface area contributed by atoms with Gasteiger partial charge in [-0.3, -0.25) is 0 Å². The highest BCUT2D eigenvalue weighted by atomic mass is 16.5. The number of nitrogens with zero attached hydrogens (tertiary/aromatic N) is 3. The molecule has 0 atom stereocenters. The first-order valence-electron chi connectivity index (χ1n) is 6.97. The number of hydrogen-bond acceptors (Lipinski definition) is 3. The monoisotopic (exact) mass is 279 g/mol. The van der Waals surface area contributed by atoms with E-state index < -0.39 is 0 Å². The smallest absolute Gasteiger partial charge is 0.230 e. The number of fused-ring (bicyclic) bond motifs is 1. The van der Waals surface area contributed by atoms with Crippen LogP contribution in [-0.2, 0) is 7.05 Å². The molecule has 1 heterocycles. The molecule has 0 bridgehead atoms. The highest BCUT2D eigenvalue weighted by Crippen LogP contribution is 2.21. The number of aliphatic imine (C=N–C) groups is 1. The molecule has 2 aromatic carbocycles. The van der Waals surface area contributed by atoms with Crippen molar-refractivity contribution in [3.05, 3.63) is 54.1 Å². The molecule has 0 aliphatic heterocycles. The van der Waals surface area contributed by atoms with Gasteiger partial charge in [0.15, 0.2) is 0 Å². The fraction of sp³-hybridized carbons (Fsp3) is 0.176. The normalized spacial score (nSPS) is 11.3. The van der Waals surface area contributed by atoms with Crippen molar-refractivity contribution < 1.29 is 4.74 Å². The first-order valence-corrected chi connectivity index (χ1v) is 6.97. The zero-order chi connectivity index (χ0) is 14.7. The van der Waals surface area contributed by atoms with Crippen LogP contribution >= 0.6 is 0 Å². The second-order valence-corrected chi connectivity index (χ2v) is 4.69. The van der Waals surface area contributed by atoms with Gasteiger partial charge >= 0.3 is 0 Å². The molecule has 0 N–H and O–H groups in total. The lowest BCUT2D eigenvalue weighted by molar-refractivity contribution is 0.340. The number of aromatic nitrogens is 2. The lowest BCUT2D eigenvalue weighted by Gasteiger charge is -2.05. The molecular weight excluding hydrogens is 262 g/mol. The number of imidazole rings is 1. The SMILES string of the molecule is CCOc1ccccc1C=Nc1nc2ccccc2n1C. The van der Waals surface area contributed by atoms with Crippen molar-refractivity contribution in [2.24, 2.45) is 12.0 Å². The third-order valence-electron chi connectivity index (χ3n) is 3.30. The first-order chi connectivity index (χ1) is 10.3. The summed E-state index contributed by atoms with van der Waals surface area (Å²) >= 11 is 0. The van der Waals surface area contributed by atoms with E-state index >= 15 is 0 Å². The van der Waals surface area contributed by atoms with Gasteiger partial charge in [0.2, 0.25) is 5.95 Å². The highest BCUT2D eigenvalue weighted by molar-refractivity contribution is 5.86. The van der Waals surface area contributed by atoms with E-state index in [-0.39, 0.29) is 0 Å². The van der Waals surface area contributed by atoms with Crippen LogP contribution in [0, 0.1) is 0 Å². The van der Waals surface area contributed by atoms with Gasteiger partial charge in [-0.05, 0) is 31.2 Å². The molecule has 106 valence electrons. The van der Waals surface area contributed by atoms with Gasteiger partial charge in [0, 0.05) is 18.8 Å². The molecule has 0 fully saturated rings. The molecule has 1 aromatic heterocycles. The minimum atomic E-state index is 0.636. The molecule has 21 heavy (non-hydrogen) atoms. The number of aryl methyl sites for hydroxylation is 1. The van der Waals surface area contributed by atoms with E-state index in [1.807, 2.05) is 67.1 Å². The maximum Gasteiger partial charge on any atom is 0.230 e. The molecule has 0 amide bonds. The zero-order valence-corrected chi connectivity index (χ0v) is 12.2. The van der Waals surface area contributed by atoms with Crippen molar-refractivity contribution in [3.8, 4) is 5.75 Å². The number of benzene rings is 2. The lowest BCUT2D eigenvalue weighted by atomic mass is 10.2. The quantitative estimate of drug-likeness (QED) is 0.683. The molecule has 0 saturated carbocycles. The summed E-state index contributed by atoms with van der Waals surface area (Å²) in [5, 5.41) is 0. The van der Waals surface area contributed by atoms with Crippen LogP contribution in [0.5, 0.6) is 5.75 Å². The van der Waals surface area contributed by atoms with Gasteiger partial charge in [-0.2, -0.15) is 0 Å². The topological polar surface area (TPSA) is 39.4 Å². The second kappa shape index (κ2) is 5.79. The summed E-state index contributed by atoms with van der Waals surface area (Å²) in [5.74, 6) is 1.52. The van der Waals surface area contributed by atoms with Crippen LogP contribution in [0.1, 0.15) is 12.5 Å². The van der Waals surface area contributed by atoms with E-state index in [0.717, 1.165) is 22.3 Å². The highest BCUT2D eigenvalue weighted by Gasteiger charge is 2.05. The van der Waals surface area contributed by atoms with Crippen LogP contribution in [0.2, 0.25) is 0 Å². The number of para-hydroxylation sites is 3. The first kappa shape index (κ1) is 13.4. The van der Waals surface area contributed by atoms with E-state index in [1.165, 1.54) is 0 Å². The Balaban J connectivity index is 1.96. The Labute approximate surface area is 123 Å². The summed E-state index contributed by atoms with van der Waals surface area (Å²) in [5.41, 5.74) is 2.97. The van der Waals surface area contributed by atoms with Crippen molar-refractivity contribution in [2.45, 2.75) is 6.92 Å². The second-order valence-electron chi connectivity index (χ2n) is 4.69. The average Bonchev–Trinajstić information content (AvgIpc) is 2.84. The third-order valence-corrected chi connectivity index (χ3v) is 3.30. The molecule has 0 saturated heterocycles. The molecule has 3 aromatic rings. The Morgan fingerprint density at radius 2 is 1.90 bits per heavy atom. The molecule has 0 aliphatic rings. The Morgan fingerprint density at radius 1 is 1.14 bits per heavy atom.